The highest BCUT2D eigenvalue weighted by Crippen LogP contribution is 2.38. The summed E-state index contributed by atoms with van der Waals surface area (Å²) in [4.78, 5) is 0. The summed E-state index contributed by atoms with van der Waals surface area (Å²) < 4.78 is 45.3. The van der Waals surface area contributed by atoms with Gasteiger partial charge < -0.3 is 10.5 Å². The number of hydrogen-bond donors (Lipinski definition) is 1. The predicted octanol–water partition coefficient (Wildman–Crippen LogP) is 4.56. The van der Waals surface area contributed by atoms with Crippen molar-refractivity contribution in [3.05, 3.63) is 57.2 Å². The molecule has 0 saturated heterocycles. The van der Waals surface area contributed by atoms with E-state index in [2.05, 4.69) is 22.6 Å². The van der Waals surface area contributed by atoms with Crippen molar-refractivity contribution in [1.82, 2.24) is 0 Å². The fourth-order valence-corrected chi connectivity index (χ4v) is 2.19. The van der Waals surface area contributed by atoms with E-state index in [-0.39, 0.29) is 12.3 Å². The predicted molar refractivity (Wildman–Crippen MR) is 78.6 cm³/mol. The van der Waals surface area contributed by atoms with Crippen molar-refractivity contribution in [2.24, 2.45) is 5.73 Å². The van der Waals surface area contributed by atoms with Gasteiger partial charge in [-0.2, -0.15) is 13.2 Å². The van der Waals surface area contributed by atoms with E-state index < -0.39 is 11.7 Å². The van der Waals surface area contributed by atoms with E-state index in [9.17, 15) is 13.2 Å². The standard InChI is InChI=1S/C14H11F3INO/c15-14(16,17)12-6-9(8-19)4-5-13(12)20-11-3-1-2-10(18)7-11/h1-7H,8,19H2. The molecule has 2 nitrogen and oxygen atoms in total. The van der Waals surface area contributed by atoms with Crippen LogP contribution in [-0.2, 0) is 12.7 Å². The fourth-order valence-electron chi connectivity index (χ4n) is 1.67. The van der Waals surface area contributed by atoms with Crippen LogP contribution in [0.15, 0.2) is 42.5 Å². The van der Waals surface area contributed by atoms with Gasteiger partial charge in [-0.15, -0.1) is 0 Å². The molecule has 2 rings (SSSR count). The SMILES string of the molecule is NCc1ccc(Oc2cccc(I)c2)c(C(F)(F)F)c1. The van der Waals surface area contributed by atoms with Crippen LogP contribution in [0, 0.1) is 3.57 Å². The molecule has 106 valence electrons. The van der Waals surface area contributed by atoms with Crippen molar-refractivity contribution < 1.29 is 17.9 Å². The maximum atomic E-state index is 13.0. The average molecular weight is 393 g/mol. The second-order valence-electron chi connectivity index (χ2n) is 4.09. The highest BCUT2D eigenvalue weighted by atomic mass is 127. The molecule has 0 bridgehead atoms. The maximum absolute atomic E-state index is 13.0. The van der Waals surface area contributed by atoms with Crippen LogP contribution < -0.4 is 10.5 Å². The number of rotatable bonds is 3. The van der Waals surface area contributed by atoms with Gasteiger partial charge in [-0.05, 0) is 58.5 Å². The Kier molecular flexibility index (Phi) is 4.54. The monoisotopic (exact) mass is 393 g/mol. The Hall–Kier alpha value is -1.28. The summed E-state index contributed by atoms with van der Waals surface area (Å²) in [7, 11) is 0. The quantitative estimate of drug-likeness (QED) is 0.777. The Morgan fingerprint density at radius 1 is 1.10 bits per heavy atom. The molecule has 0 aliphatic heterocycles. The molecule has 0 radical (unpaired) electrons. The number of nitrogens with two attached hydrogens (primary N) is 1. The molecule has 0 unspecified atom stereocenters. The van der Waals surface area contributed by atoms with E-state index in [4.69, 9.17) is 10.5 Å². The third-order valence-corrected chi connectivity index (χ3v) is 3.28. The molecule has 0 atom stereocenters. The minimum absolute atomic E-state index is 0.0482. The number of alkyl halides is 3. The van der Waals surface area contributed by atoms with Crippen molar-refractivity contribution in [3.63, 3.8) is 0 Å². The highest BCUT2D eigenvalue weighted by molar-refractivity contribution is 14.1. The lowest BCUT2D eigenvalue weighted by atomic mass is 10.1. The topological polar surface area (TPSA) is 35.2 Å². The van der Waals surface area contributed by atoms with Gasteiger partial charge in [0.2, 0.25) is 0 Å². The van der Waals surface area contributed by atoms with Crippen molar-refractivity contribution in [2.45, 2.75) is 12.7 Å². The van der Waals surface area contributed by atoms with Gasteiger partial charge in [0.1, 0.15) is 11.5 Å². The molecular weight excluding hydrogens is 382 g/mol. The second-order valence-corrected chi connectivity index (χ2v) is 5.34. The van der Waals surface area contributed by atoms with Gasteiger partial charge in [0.25, 0.3) is 0 Å². The van der Waals surface area contributed by atoms with E-state index in [1.807, 2.05) is 6.07 Å². The van der Waals surface area contributed by atoms with Crippen molar-refractivity contribution in [1.29, 1.82) is 0 Å². The Bertz CT molecular complexity index is 614. The van der Waals surface area contributed by atoms with E-state index >= 15 is 0 Å². The zero-order valence-corrected chi connectivity index (χ0v) is 12.4. The van der Waals surface area contributed by atoms with Crippen LogP contribution >= 0.6 is 22.6 Å². The van der Waals surface area contributed by atoms with Gasteiger partial charge in [0, 0.05) is 10.1 Å². The van der Waals surface area contributed by atoms with Crippen LogP contribution in [0.2, 0.25) is 0 Å². The Labute approximate surface area is 127 Å². The van der Waals surface area contributed by atoms with Crippen LogP contribution in [0.4, 0.5) is 13.2 Å². The molecule has 0 amide bonds. The number of ether oxygens (including phenoxy) is 1. The summed E-state index contributed by atoms with van der Waals surface area (Å²) in [6, 6.07) is 10.7. The largest absolute Gasteiger partial charge is 0.457 e. The third kappa shape index (κ3) is 3.63. The lowest BCUT2D eigenvalue weighted by molar-refractivity contribution is -0.138. The lowest BCUT2D eigenvalue weighted by Crippen LogP contribution is -2.09. The molecule has 0 fully saturated rings. The smallest absolute Gasteiger partial charge is 0.419 e. The molecule has 0 spiro atoms. The molecule has 2 aromatic carbocycles. The Morgan fingerprint density at radius 3 is 2.45 bits per heavy atom. The number of halogens is 4. The van der Waals surface area contributed by atoms with E-state index in [1.54, 1.807) is 18.2 Å². The molecule has 2 aromatic rings. The minimum Gasteiger partial charge on any atom is -0.457 e. The maximum Gasteiger partial charge on any atom is 0.419 e. The number of benzene rings is 2. The van der Waals surface area contributed by atoms with Gasteiger partial charge in [0.05, 0.1) is 5.56 Å². The van der Waals surface area contributed by atoms with Gasteiger partial charge in [0.15, 0.2) is 0 Å². The summed E-state index contributed by atoms with van der Waals surface area (Å²) in [6.07, 6.45) is -4.48. The first-order valence-corrected chi connectivity index (χ1v) is 6.81. The molecule has 2 N–H and O–H groups in total. The lowest BCUT2D eigenvalue weighted by Gasteiger charge is -2.15. The molecule has 0 aliphatic carbocycles. The van der Waals surface area contributed by atoms with Crippen molar-refractivity contribution in [3.8, 4) is 11.5 Å². The molecule has 0 aliphatic rings. The van der Waals surface area contributed by atoms with Crippen LogP contribution in [0.3, 0.4) is 0 Å². The van der Waals surface area contributed by atoms with E-state index in [0.717, 1.165) is 9.64 Å². The highest BCUT2D eigenvalue weighted by Gasteiger charge is 2.34. The van der Waals surface area contributed by atoms with Gasteiger partial charge in [-0.3, -0.25) is 0 Å². The fraction of sp³-hybridized carbons (Fsp3) is 0.143. The summed E-state index contributed by atoms with van der Waals surface area (Å²) in [5.41, 5.74) is 4.96. The molecule has 0 saturated carbocycles. The van der Waals surface area contributed by atoms with Crippen LogP contribution in [0.25, 0.3) is 0 Å². The first-order valence-electron chi connectivity index (χ1n) is 5.74. The van der Waals surface area contributed by atoms with E-state index in [1.165, 1.54) is 12.1 Å². The van der Waals surface area contributed by atoms with Crippen LogP contribution in [-0.4, -0.2) is 0 Å². The van der Waals surface area contributed by atoms with Crippen LogP contribution in [0.1, 0.15) is 11.1 Å². The van der Waals surface area contributed by atoms with Gasteiger partial charge >= 0.3 is 6.18 Å². The first kappa shape index (κ1) is 15.1. The normalized spacial score (nSPS) is 11.4. The summed E-state index contributed by atoms with van der Waals surface area (Å²) >= 11 is 2.07. The molecule has 0 heterocycles. The van der Waals surface area contributed by atoms with Gasteiger partial charge in [-0.25, -0.2) is 0 Å². The van der Waals surface area contributed by atoms with Crippen molar-refractivity contribution >= 4 is 22.6 Å². The molecule has 0 aromatic heterocycles. The summed E-state index contributed by atoms with van der Waals surface area (Å²) in [5.74, 6) is 0.139. The Morgan fingerprint density at radius 2 is 1.85 bits per heavy atom. The van der Waals surface area contributed by atoms with Crippen LogP contribution in [0.5, 0.6) is 11.5 Å². The Balaban J connectivity index is 2.41. The molecule has 6 heteroatoms. The first-order chi connectivity index (χ1) is 9.40. The molecule has 20 heavy (non-hydrogen) atoms. The zero-order valence-electron chi connectivity index (χ0n) is 10.2. The summed E-state index contributed by atoms with van der Waals surface area (Å²) in [5, 5.41) is 0. The molecular formula is C14H11F3INO. The average Bonchev–Trinajstić information content (AvgIpc) is 2.38. The summed E-state index contributed by atoms with van der Waals surface area (Å²) in [6.45, 7) is 0.0482. The minimum atomic E-state index is -4.48. The van der Waals surface area contributed by atoms with Gasteiger partial charge in [-0.1, -0.05) is 12.1 Å². The van der Waals surface area contributed by atoms with Crippen molar-refractivity contribution in [2.75, 3.05) is 0 Å². The zero-order chi connectivity index (χ0) is 14.8. The third-order valence-electron chi connectivity index (χ3n) is 2.61. The van der Waals surface area contributed by atoms with E-state index in [0.29, 0.717) is 11.3 Å². The number of hydrogen-bond acceptors (Lipinski definition) is 2. The second kappa shape index (κ2) is 6.01.